The number of hydrogen-bond donors (Lipinski definition) is 0. The highest BCUT2D eigenvalue weighted by Crippen LogP contribution is 2.19. The molecule has 1 aromatic heterocycles. The molecule has 1 amide bonds. The predicted molar refractivity (Wildman–Crippen MR) is 96.1 cm³/mol. The lowest BCUT2D eigenvalue weighted by Crippen LogP contribution is -2.21. The van der Waals surface area contributed by atoms with E-state index in [0.29, 0.717) is 10.4 Å². The third-order valence-corrected chi connectivity index (χ3v) is 4.42. The quantitative estimate of drug-likeness (QED) is 0.678. The molecule has 25 heavy (non-hydrogen) atoms. The molecule has 0 saturated heterocycles. The van der Waals surface area contributed by atoms with Crippen LogP contribution in [0.3, 0.4) is 0 Å². The molecule has 0 spiro atoms. The number of rotatable bonds is 4. The fraction of sp³-hybridized carbons (Fsp3) is 0.105. The van der Waals surface area contributed by atoms with Gasteiger partial charge >= 0.3 is 5.97 Å². The minimum atomic E-state index is -0.389. The molecule has 126 valence electrons. The summed E-state index contributed by atoms with van der Waals surface area (Å²) in [6, 6.07) is 17.3. The maximum absolute atomic E-state index is 12.4. The molecule has 0 aliphatic carbocycles. The monoisotopic (exact) mass is 352 g/mol. The second-order valence-corrected chi connectivity index (χ2v) is 6.12. The van der Waals surface area contributed by atoms with Gasteiger partial charge < -0.3 is 9.30 Å². The molecule has 6 heteroatoms. The molecule has 0 N–H and O–H groups in total. The van der Waals surface area contributed by atoms with Crippen LogP contribution < -0.4 is 4.80 Å². The van der Waals surface area contributed by atoms with Crippen molar-refractivity contribution in [2.45, 2.75) is 6.54 Å². The lowest BCUT2D eigenvalue weighted by Gasteiger charge is -2.03. The van der Waals surface area contributed by atoms with Crippen molar-refractivity contribution in [1.29, 1.82) is 0 Å². The zero-order chi connectivity index (χ0) is 17.6. The van der Waals surface area contributed by atoms with Crippen LogP contribution in [0, 0.1) is 0 Å². The molecule has 0 fully saturated rings. The molecular formula is C19H16N2O3S. The van der Waals surface area contributed by atoms with Crippen LogP contribution in [0.5, 0.6) is 0 Å². The zero-order valence-electron chi connectivity index (χ0n) is 13.6. The van der Waals surface area contributed by atoms with E-state index < -0.39 is 0 Å². The number of carbonyl (C=O) groups is 2. The van der Waals surface area contributed by atoms with Crippen LogP contribution in [0.2, 0.25) is 0 Å². The number of carbonyl (C=O) groups excluding carboxylic acids is 2. The first-order valence-electron chi connectivity index (χ1n) is 7.62. The summed E-state index contributed by atoms with van der Waals surface area (Å²) in [6.45, 7) is 0.0268. The number of hydrogen-bond acceptors (Lipinski definition) is 4. The first-order valence-corrected chi connectivity index (χ1v) is 8.50. The molecule has 0 saturated carbocycles. The Bertz CT molecular complexity index is 941. The number of benzene rings is 2. The molecular weight excluding hydrogens is 336 g/mol. The van der Waals surface area contributed by atoms with Gasteiger partial charge in [-0.15, -0.1) is 11.3 Å². The van der Waals surface area contributed by atoms with E-state index in [0.717, 1.165) is 11.1 Å². The van der Waals surface area contributed by atoms with Crippen LogP contribution in [0.25, 0.3) is 11.1 Å². The van der Waals surface area contributed by atoms with Crippen molar-refractivity contribution < 1.29 is 14.3 Å². The van der Waals surface area contributed by atoms with Gasteiger partial charge in [0.1, 0.15) is 6.54 Å². The highest BCUT2D eigenvalue weighted by molar-refractivity contribution is 7.07. The van der Waals surface area contributed by atoms with Gasteiger partial charge in [0.05, 0.1) is 7.11 Å². The van der Waals surface area contributed by atoms with Crippen molar-refractivity contribution in [2.24, 2.45) is 4.99 Å². The third-order valence-electron chi connectivity index (χ3n) is 3.62. The summed E-state index contributed by atoms with van der Waals surface area (Å²) in [5.41, 5.74) is 2.62. The Morgan fingerprint density at radius 2 is 1.72 bits per heavy atom. The van der Waals surface area contributed by atoms with Gasteiger partial charge in [-0.25, -0.2) is 0 Å². The summed E-state index contributed by atoms with van der Waals surface area (Å²) in [6.07, 6.45) is 1.70. The Kier molecular flexibility index (Phi) is 5.20. The smallest absolute Gasteiger partial charge is 0.325 e. The molecule has 3 rings (SSSR count). The number of thiazole rings is 1. The van der Waals surface area contributed by atoms with Crippen LogP contribution >= 0.6 is 11.3 Å². The standard InChI is InChI=1S/C19H16N2O3S/c1-24-17(22)13-21-11-12-25-19(21)20-18(23)16-9-7-15(8-10-16)14-5-3-2-4-6-14/h2-12H,13H2,1H3. The van der Waals surface area contributed by atoms with E-state index in [2.05, 4.69) is 9.73 Å². The summed E-state index contributed by atoms with van der Waals surface area (Å²) >= 11 is 1.29. The van der Waals surface area contributed by atoms with Crippen LogP contribution in [0.15, 0.2) is 71.2 Å². The predicted octanol–water partition coefficient (Wildman–Crippen LogP) is 3.13. The molecule has 1 heterocycles. The molecule has 0 radical (unpaired) electrons. The number of nitrogens with zero attached hydrogens (tertiary/aromatic N) is 2. The average molecular weight is 352 g/mol. The van der Waals surface area contributed by atoms with E-state index in [-0.39, 0.29) is 18.4 Å². The van der Waals surface area contributed by atoms with Crippen molar-refractivity contribution in [3.8, 4) is 11.1 Å². The average Bonchev–Trinajstić information content (AvgIpc) is 3.09. The minimum absolute atomic E-state index is 0.0268. The largest absolute Gasteiger partial charge is 0.468 e. The summed E-state index contributed by atoms with van der Waals surface area (Å²) in [5, 5.41) is 1.77. The van der Waals surface area contributed by atoms with E-state index in [9.17, 15) is 9.59 Å². The number of methoxy groups -OCH3 is 1. The summed E-state index contributed by atoms with van der Waals surface area (Å²) in [5.74, 6) is -0.736. The Hall–Kier alpha value is -2.99. The van der Waals surface area contributed by atoms with Crippen molar-refractivity contribution in [2.75, 3.05) is 7.11 Å². The van der Waals surface area contributed by atoms with E-state index in [1.165, 1.54) is 18.4 Å². The highest BCUT2D eigenvalue weighted by atomic mass is 32.1. The van der Waals surface area contributed by atoms with Crippen molar-refractivity contribution in [3.63, 3.8) is 0 Å². The lowest BCUT2D eigenvalue weighted by atomic mass is 10.0. The Morgan fingerprint density at radius 1 is 1.04 bits per heavy atom. The van der Waals surface area contributed by atoms with Gasteiger partial charge in [0.2, 0.25) is 0 Å². The summed E-state index contributed by atoms with van der Waals surface area (Å²) in [7, 11) is 1.32. The third kappa shape index (κ3) is 4.10. The van der Waals surface area contributed by atoms with E-state index in [1.54, 1.807) is 28.3 Å². The molecule has 0 aliphatic rings. The molecule has 0 aliphatic heterocycles. The van der Waals surface area contributed by atoms with Gasteiger partial charge in [-0.1, -0.05) is 42.5 Å². The summed E-state index contributed by atoms with van der Waals surface area (Å²) < 4.78 is 6.23. The van der Waals surface area contributed by atoms with Crippen LogP contribution in [0.1, 0.15) is 10.4 Å². The second-order valence-electron chi connectivity index (χ2n) is 5.25. The van der Waals surface area contributed by atoms with Gasteiger partial charge in [-0.05, 0) is 23.3 Å². The topological polar surface area (TPSA) is 60.7 Å². The maximum atomic E-state index is 12.4. The van der Waals surface area contributed by atoms with Crippen LogP contribution in [0.4, 0.5) is 0 Å². The molecule has 0 bridgehead atoms. The number of ether oxygens (including phenoxy) is 1. The normalized spacial score (nSPS) is 11.3. The molecule has 0 atom stereocenters. The van der Waals surface area contributed by atoms with E-state index >= 15 is 0 Å². The lowest BCUT2D eigenvalue weighted by molar-refractivity contribution is -0.141. The zero-order valence-corrected chi connectivity index (χ0v) is 14.4. The highest BCUT2D eigenvalue weighted by Gasteiger charge is 2.08. The Morgan fingerprint density at radius 3 is 2.40 bits per heavy atom. The summed E-state index contributed by atoms with van der Waals surface area (Å²) in [4.78, 5) is 28.3. The first-order chi connectivity index (χ1) is 12.2. The van der Waals surface area contributed by atoms with E-state index in [4.69, 9.17) is 0 Å². The van der Waals surface area contributed by atoms with Gasteiger partial charge in [0.25, 0.3) is 5.91 Å². The fourth-order valence-electron chi connectivity index (χ4n) is 2.30. The Balaban J connectivity index is 1.82. The van der Waals surface area contributed by atoms with Crippen LogP contribution in [-0.2, 0) is 16.1 Å². The van der Waals surface area contributed by atoms with Gasteiger partial charge in [0.15, 0.2) is 4.80 Å². The molecule has 0 unspecified atom stereocenters. The number of amides is 1. The van der Waals surface area contributed by atoms with Crippen molar-refractivity contribution >= 4 is 23.2 Å². The SMILES string of the molecule is COC(=O)Cn1ccsc1=NC(=O)c1ccc(-c2ccccc2)cc1. The molecule has 3 aromatic rings. The van der Waals surface area contributed by atoms with Crippen LogP contribution in [-0.4, -0.2) is 23.6 Å². The minimum Gasteiger partial charge on any atom is -0.468 e. The Labute approximate surface area is 148 Å². The van der Waals surface area contributed by atoms with E-state index in [1.807, 2.05) is 42.5 Å². The number of aromatic nitrogens is 1. The molecule has 2 aromatic carbocycles. The number of esters is 1. The first kappa shape index (κ1) is 16.9. The van der Waals surface area contributed by atoms with Gasteiger partial charge in [-0.3, -0.25) is 9.59 Å². The molecule has 5 nitrogen and oxygen atoms in total. The van der Waals surface area contributed by atoms with Crippen molar-refractivity contribution in [1.82, 2.24) is 4.57 Å². The van der Waals surface area contributed by atoms with Gasteiger partial charge in [-0.2, -0.15) is 4.99 Å². The second kappa shape index (κ2) is 7.72. The maximum Gasteiger partial charge on any atom is 0.325 e. The fourth-order valence-corrected chi connectivity index (χ4v) is 3.02. The van der Waals surface area contributed by atoms with Gasteiger partial charge in [0, 0.05) is 17.1 Å². The van der Waals surface area contributed by atoms with Crippen molar-refractivity contribution in [3.05, 3.63) is 76.5 Å².